The minimum absolute atomic E-state index is 0.293. The standard InChI is InChI=1S/C13H19IO/c1-4-13(15,10(2)3)9-11-5-7-12(14)8-6-11/h5-8,10,15H,4,9H2,1-3H3. The summed E-state index contributed by atoms with van der Waals surface area (Å²) in [6, 6.07) is 8.38. The molecule has 1 aromatic carbocycles. The summed E-state index contributed by atoms with van der Waals surface area (Å²) in [5.41, 5.74) is 0.653. The van der Waals surface area contributed by atoms with E-state index in [4.69, 9.17) is 0 Å². The van der Waals surface area contributed by atoms with Crippen LogP contribution in [0.4, 0.5) is 0 Å². The van der Waals surface area contributed by atoms with Crippen molar-refractivity contribution in [3.8, 4) is 0 Å². The average molecular weight is 318 g/mol. The molecule has 0 fully saturated rings. The zero-order chi connectivity index (χ0) is 11.5. The predicted octanol–water partition coefficient (Wildman–Crippen LogP) is 3.63. The lowest BCUT2D eigenvalue weighted by Gasteiger charge is -2.31. The number of rotatable bonds is 4. The van der Waals surface area contributed by atoms with Gasteiger partial charge in [0.05, 0.1) is 5.60 Å². The van der Waals surface area contributed by atoms with Gasteiger partial charge in [0.25, 0.3) is 0 Å². The van der Waals surface area contributed by atoms with Gasteiger partial charge in [0.1, 0.15) is 0 Å². The number of hydrogen-bond acceptors (Lipinski definition) is 1. The summed E-state index contributed by atoms with van der Waals surface area (Å²) in [7, 11) is 0. The van der Waals surface area contributed by atoms with Crippen molar-refractivity contribution in [1.29, 1.82) is 0 Å². The molecule has 0 aliphatic heterocycles. The van der Waals surface area contributed by atoms with Gasteiger partial charge in [-0.15, -0.1) is 0 Å². The smallest absolute Gasteiger partial charge is 0.0708 e. The highest BCUT2D eigenvalue weighted by atomic mass is 127. The second-order valence-electron chi connectivity index (χ2n) is 4.42. The lowest BCUT2D eigenvalue weighted by Crippen LogP contribution is -2.36. The van der Waals surface area contributed by atoms with Crippen molar-refractivity contribution in [2.45, 2.75) is 39.2 Å². The molecule has 1 aromatic rings. The minimum atomic E-state index is -0.563. The Bertz CT molecular complexity index is 305. The Morgan fingerprint density at radius 1 is 1.27 bits per heavy atom. The summed E-state index contributed by atoms with van der Waals surface area (Å²) >= 11 is 2.29. The summed E-state index contributed by atoms with van der Waals surface area (Å²) in [4.78, 5) is 0. The van der Waals surface area contributed by atoms with Crippen molar-refractivity contribution in [3.05, 3.63) is 33.4 Å². The largest absolute Gasteiger partial charge is 0.389 e. The molecule has 0 radical (unpaired) electrons. The third-order valence-electron chi connectivity index (χ3n) is 3.11. The van der Waals surface area contributed by atoms with Crippen LogP contribution in [0.3, 0.4) is 0 Å². The Hall–Kier alpha value is -0.0900. The first-order valence-corrected chi connectivity index (χ1v) is 6.52. The van der Waals surface area contributed by atoms with Gasteiger partial charge in [-0.2, -0.15) is 0 Å². The lowest BCUT2D eigenvalue weighted by molar-refractivity contribution is -0.00828. The summed E-state index contributed by atoms with van der Waals surface area (Å²) in [6.45, 7) is 6.21. The second-order valence-corrected chi connectivity index (χ2v) is 5.66. The molecule has 0 spiro atoms. The lowest BCUT2D eigenvalue weighted by atomic mass is 9.82. The fourth-order valence-electron chi connectivity index (χ4n) is 1.69. The van der Waals surface area contributed by atoms with Crippen LogP contribution >= 0.6 is 22.6 Å². The van der Waals surface area contributed by atoms with Crippen molar-refractivity contribution in [2.24, 2.45) is 5.92 Å². The molecule has 1 nitrogen and oxygen atoms in total. The van der Waals surface area contributed by atoms with E-state index in [0.29, 0.717) is 5.92 Å². The van der Waals surface area contributed by atoms with Crippen LogP contribution in [0.25, 0.3) is 0 Å². The molecule has 84 valence electrons. The van der Waals surface area contributed by atoms with Crippen molar-refractivity contribution in [1.82, 2.24) is 0 Å². The minimum Gasteiger partial charge on any atom is -0.389 e. The maximum Gasteiger partial charge on any atom is 0.0708 e. The summed E-state index contributed by atoms with van der Waals surface area (Å²) in [5.74, 6) is 0.293. The molecule has 0 amide bonds. The Morgan fingerprint density at radius 3 is 2.20 bits per heavy atom. The van der Waals surface area contributed by atoms with Crippen LogP contribution in [0.5, 0.6) is 0 Å². The molecule has 0 saturated carbocycles. The fraction of sp³-hybridized carbons (Fsp3) is 0.538. The van der Waals surface area contributed by atoms with E-state index in [1.165, 1.54) is 9.13 Å². The maximum atomic E-state index is 10.4. The molecule has 0 bridgehead atoms. The van der Waals surface area contributed by atoms with E-state index in [-0.39, 0.29) is 0 Å². The number of aliphatic hydroxyl groups is 1. The Morgan fingerprint density at radius 2 is 1.80 bits per heavy atom. The third kappa shape index (κ3) is 3.45. The van der Waals surface area contributed by atoms with E-state index in [1.807, 2.05) is 6.92 Å². The molecule has 0 heterocycles. The van der Waals surface area contributed by atoms with Gasteiger partial charge in [0.2, 0.25) is 0 Å². The molecule has 1 rings (SSSR count). The van der Waals surface area contributed by atoms with Gasteiger partial charge in [0, 0.05) is 9.99 Å². The molecule has 15 heavy (non-hydrogen) atoms. The van der Waals surface area contributed by atoms with E-state index in [9.17, 15) is 5.11 Å². The summed E-state index contributed by atoms with van der Waals surface area (Å²) < 4.78 is 1.24. The van der Waals surface area contributed by atoms with Gasteiger partial charge in [0.15, 0.2) is 0 Å². The average Bonchev–Trinajstić information content (AvgIpc) is 2.21. The molecule has 1 N–H and O–H groups in total. The van der Waals surface area contributed by atoms with Crippen molar-refractivity contribution < 1.29 is 5.11 Å². The first kappa shape index (κ1) is 13.0. The molecule has 1 unspecified atom stereocenters. The van der Waals surface area contributed by atoms with Gasteiger partial charge in [-0.3, -0.25) is 0 Å². The van der Waals surface area contributed by atoms with Gasteiger partial charge < -0.3 is 5.11 Å². The third-order valence-corrected chi connectivity index (χ3v) is 3.83. The van der Waals surface area contributed by atoms with Gasteiger partial charge in [-0.25, -0.2) is 0 Å². The number of hydrogen-bond donors (Lipinski definition) is 1. The molecule has 1 atom stereocenters. The first-order valence-electron chi connectivity index (χ1n) is 5.45. The van der Waals surface area contributed by atoms with E-state index in [1.54, 1.807) is 0 Å². The molecule has 0 saturated heterocycles. The molecular formula is C13H19IO. The van der Waals surface area contributed by atoms with E-state index < -0.39 is 5.60 Å². The normalized spacial score (nSPS) is 15.3. The van der Waals surface area contributed by atoms with E-state index in [2.05, 4.69) is 60.7 Å². The molecule has 2 heteroatoms. The highest BCUT2D eigenvalue weighted by molar-refractivity contribution is 14.1. The molecule has 0 aliphatic rings. The molecule has 0 aliphatic carbocycles. The van der Waals surface area contributed by atoms with Gasteiger partial charge in [-0.1, -0.05) is 32.9 Å². The molecular weight excluding hydrogens is 299 g/mol. The van der Waals surface area contributed by atoms with Crippen LogP contribution in [0.2, 0.25) is 0 Å². The van der Waals surface area contributed by atoms with Crippen molar-refractivity contribution in [2.75, 3.05) is 0 Å². The van der Waals surface area contributed by atoms with Crippen LogP contribution in [0, 0.1) is 9.49 Å². The van der Waals surface area contributed by atoms with Crippen molar-refractivity contribution in [3.63, 3.8) is 0 Å². The maximum absolute atomic E-state index is 10.4. The van der Waals surface area contributed by atoms with Crippen LogP contribution in [-0.4, -0.2) is 10.7 Å². The second kappa shape index (κ2) is 5.30. The Kier molecular flexibility index (Phi) is 4.59. The summed E-state index contributed by atoms with van der Waals surface area (Å²) in [6.07, 6.45) is 1.55. The van der Waals surface area contributed by atoms with E-state index >= 15 is 0 Å². The zero-order valence-corrected chi connectivity index (χ0v) is 11.8. The monoisotopic (exact) mass is 318 g/mol. The Balaban J connectivity index is 2.79. The van der Waals surface area contributed by atoms with Crippen LogP contribution in [0.15, 0.2) is 24.3 Å². The van der Waals surface area contributed by atoms with Gasteiger partial charge in [-0.05, 0) is 52.6 Å². The highest BCUT2D eigenvalue weighted by Gasteiger charge is 2.28. The van der Waals surface area contributed by atoms with Gasteiger partial charge >= 0.3 is 0 Å². The fourth-order valence-corrected chi connectivity index (χ4v) is 2.05. The quantitative estimate of drug-likeness (QED) is 0.841. The number of halogens is 1. The topological polar surface area (TPSA) is 20.2 Å². The van der Waals surface area contributed by atoms with Crippen molar-refractivity contribution >= 4 is 22.6 Å². The molecule has 0 aromatic heterocycles. The first-order chi connectivity index (χ1) is 6.98. The van der Waals surface area contributed by atoms with Crippen LogP contribution < -0.4 is 0 Å². The Labute approximate surface area is 106 Å². The predicted molar refractivity (Wildman–Crippen MR) is 72.9 cm³/mol. The van der Waals surface area contributed by atoms with E-state index in [0.717, 1.165) is 12.8 Å². The number of benzene rings is 1. The SMILES string of the molecule is CCC(O)(Cc1ccc(I)cc1)C(C)C. The van der Waals surface area contributed by atoms with Crippen LogP contribution in [0.1, 0.15) is 32.8 Å². The van der Waals surface area contributed by atoms with Crippen LogP contribution in [-0.2, 0) is 6.42 Å². The zero-order valence-electron chi connectivity index (χ0n) is 9.63. The highest BCUT2D eigenvalue weighted by Crippen LogP contribution is 2.25. The summed E-state index contributed by atoms with van der Waals surface area (Å²) in [5, 5.41) is 10.4.